The molecule has 1 aromatic heterocycles. The molecule has 0 spiro atoms. The normalized spacial score (nSPS) is 10.8. The summed E-state index contributed by atoms with van der Waals surface area (Å²) in [5, 5.41) is 1.14. The van der Waals surface area contributed by atoms with Gasteiger partial charge in [-0.25, -0.2) is 4.39 Å². The quantitative estimate of drug-likeness (QED) is 0.626. The Hall–Kier alpha value is -2.09. The van der Waals surface area contributed by atoms with Crippen LogP contribution in [0.25, 0.3) is 22.0 Å². The number of fused-ring (bicyclic) bond motifs is 1. The van der Waals surface area contributed by atoms with Crippen molar-refractivity contribution >= 4 is 10.9 Å². The average Bonchev–Trinajstić information content (AvgIpc) is 2.76. The zero-order valence-corrected chi connectivity index (χ0v) is 8.57. The first kappa shape index (κ1) is 9.16. The number of nitrogens with one attached hydrogen (secondary N) is 1. The standard InChI is InChI=1S/C14H10FN/c15-12-5-1-4-11(9-12)13-6-2-3-10-7-8-16-14(10)13/h1-9,16H. The van der Waals surface area contributed by atoms with Crippen molar-refractivity contribution in [3.63, 3.8) is 0 Å². The van der Waals surface area contributed by atoms with Crippen molar-refractivity contribution in [1.82, 2.24) is 4.98 Å². The monoisotopic (exact) mass is 211 g/mol. The highest BCUT2D eigenvalue weighted by atomic mass is 19.1. The van der Waals surface area contributed by atoms with Crippen LogP contribution in [0.4, 0.5) is 4.39 Å². The number of para-hydroxylation sites is 1. The Morgan fingerprint density at radius 2 is 1.81 bits per heavy atom. The summed E-state index contributed by atoms with van der Waals surface area (Å²) in [6, 6.07) is 14.7. The van der Waals surface area contributed by atoms with E-state index in [-0.39, 0.29) is 5.82 Å². The van der Waals surface area contributed by atoms with Gasteiger partial charge in [-0.3, -0.25) is 0 Å². The van der Waals surface area contributed by atoms with Gasteiger partial charge in [0.1, 0.15) is 5.82 Å². The molecule has 0 fully saturated rings. The summed E-state index contributed by atoms with van der Waals surface area (Å²) in [5.41, 5.74) is 2.98. The van der Waals surface area contributed by atoms with E-state index < -0.39 is 0 Å². The molecule has 0 aliphatic rings. The van der Waals surface area contributed by atoms with Crippen LogP contribution in [-0.4, -0.2) is 4.98 Å². The maximum absolute atomic E-state index is 13.2. The second-order valence-corrected chi connectivity index (χ2v) is 3.76. The van der Waals surface area contributed by atoms with Gasteiger partial charge in [0.05, 0.1) is 5.52 Å². The maximum Gasteiger partial charge on any atom is 0.123 e. The Balaban J connectivity index is 2.29. The molecule has 0 aliphatic carbocycles. The van der Waals surface area contributed by atoms with E-state index in [0.29, 0.717) is 0 Å². The molecule has 1 nitrogen and oxygen atoms in total. The maximum atomic E-state index is 13.2. The zero-order valence-electron chi connectivity index (χ0n) is 8.57. The lowest BCUT2D eigenvalue weighted by atomic mass is 10.0. The molecule has 16 heavy (non-hydrogen) atoms. The third-order valence-corrected chi connectivity index (χ3v) is 2.72. The van der Waals surface area contributed by atoms with Crippen molar-refractivity contribution in [2.75, 3.05) is 0 Å². The van der Waals surface area contributed by atoms with Crippen molar-refractivity contribution in [3.8, 4) is 11.1 Å². The number of aromatic nitrogens is 1. The fraction of sp³-hybridized carbons (Fsp3) is 0. The molecular formula is C14H10FN. The summed E-state index contributed by atoms with van der Waals surface area (Å²) in [5.74, 6) is -0.207. The minimum absolute atomic E-state index is 0.207. The van der Waals surface area contributed by atoms with E-state index in [1.165, 1.54) is 6.07 Å². The number of hydrogen-bond acceptors (Lipinski definition) is 0. The molecule has 0 bridgehead atoms. The van der Waals surface area contributed by atoms with Crippen LogP contribution in [0.3, 0.4) is 0 Å². The number of aromatic amines is 1. The summed E-state index contributed by atoms with van der Waals surface area (Å²) in [4.78, 5) is 3.18. The zero-order chi connectivity index (χ0) is 11.0. The van der Waals surface area contributed by atoms with Gasteiger partial charge in [-0.05, 0) is 29.1 Å². The van der Waals surface area contributed by atoms with Gasteiger partial charge in [-0.2, -0.15) is 0 Å². The smallest absolute Gasteiger partial charge is 0.123 e. The molecule has 0 aliphatic heterocycles. The van der Waals surface area contributed by atoms with Crippen LogP contribution >= 0.6 is 0 Å². The van der Waals surface area contributed by atoms with E-state index in [9.17, 15) is 4.39 Å². The molecule has 2 aromatic carbocycles. The van der Waals surface area contributed by atoms with E-state index in [2.05, 4.69) is 4.98 Å². The van der Waals surface area contributed by atoms with E-state index in [1.54, 1.807) is 12.1 Å². The second-order valence-electron chi connectivity index (χ2n) is 3.76. The Bertz CT molecular complexity index is 640. The van der Waals surface area contributed by atoms with Crippen LogP contribution in [-0.2, 0) is 0 Å². The lowest BCUT2D eigenvalue weighted by Crippen LogP contribution is -1.81. The SMILES string of the molecule is Fc1cccc(-c2cccc3cc[nH]c23)c1. The minimum Gasteiger partial charge on any atom is -0.361 e. The molecule has 0 saturated carbocycles. The molecule has 0 saturated heterocycles. The van der Waals surface area contributed by atoms with Crippen molar-refractivity contribution < 1.29 is 4.39 Å². The molecule has 0 amide bonds. The molecule has 2 heteroatoms. The van der Waals surface area contributed by atoms with Gasteiger partial charge >= 0.3 is 0 Å². The number of halogens is 1. The molecule has 0 atom stereocenters. The van der Waals surface area contributed by atoms with Crippen LogP contribution in [0.15, 0.2) is 54.7 Å². The first-order valence-corrected chi connectivity index (χ1v) is 5.17. The fourth-order valence-electron chi connectivity index (χ4n) is 1.98. The van der Waals surface area contributed by atoms with E-state index in [0.717, 1.165) is 22.0 Å². The highest BCUT2D eigenvalue weighted by Crippen LogP contribution is 2.27. The van der Waals surface area contributed by atoms with Crippen molar-refractivity contribution in [1.29, 1.82) is 0 Å². The first-order valence-electron chi connectivity index (χ1n) is 5.17. The molecule has 3 rings (SSSR count). The van der Waals surface area contributed by atoms with Crippen LogP contribution in [0.2, 0.25) is 0 Å². The molecule has 3 aromatic rings. The Morgan fingerprint density at radius 3 is 2.69 bits per heavy atom. The van der Waals surface area contributed by atoms with Crippen LogP contribution in [0.1, 0.15) is 0 Å². The van der Waals surface area contributed by atoms with Gasteiger partial charge in [0, 0.05) is 11.8 Å². The van der Waals surface area contributed by atoms with Gasteiger partial charge in [0.2, 0.25) is 0 Å². The molecule has 1 N–H and O–H groups in total. The predicted molar refractivity (Wildman–Crippen MR) is 63.7 cm³/mol. The summed E-state index contributed by atoms with van der Waals surface area (Å²) in [6.07, 6.45) is 1.90. The average molecular weight is 211 g/mol. The Labute approximate surface area is 92.5 Å². The van der Waals surface area contributed by atoms with Crippen LogP contribution in [0, 0.1) is 5.82 Å². The summed E-state index contributed by atoms with van der Waals surface area (Å²) < 4.78 is 13.2. The molecule has 1 heterocycles. The molecule has 0 radical (unpaired) electrons. The van der Waals surface area contributed by atoms with Gasteiger partial charge in [0.25, 0.3) is 0 Å². The summed E-state index contributed by atoms with van der Waals surface area (Å²) in [6.45, 7) is 0. The number of benzene rings is 2. The first-order chi connectivity index (χ1) is 7.84. The topological polar surface area (TPSA) is 15.8 Å². The van der Waals surface area contributed by atoms with Crippen LogP contribution in [0.5, 0.6) is 0 Å². The van der Waals surface area contributed by atoms with Crippen molar-refractivity contribution in [2.45, 2.75) is 0 Å². The van der Waals surface area contributed by atoms with E-state index in [4.69, 9.17) is 0 Å². The lowest BCUT2D eigenvalue weighted by Gasteiger charge is -2.03. The highest BCUT2D eigenvalue weighted by Gasteiger charge is 2.04. The summed E-state index contributed by atoms with van der Waals surface area (Å²) >= 11 is 0. The van der Waals surface area contributed by atoms with Crippen molar-refractivity contribution in [3.05, 3.63) is 60.5 Å². The van der Waals surface area contributed by atoms with Gasteiger partial charge < -0.3 is 4.98 Å². The molecule has 78 valence electrons. The van der Waals surface area contributed by atoms with Crippen LogP contribution < -0.4 is 0 Å². The van der Waals surface area contributed by atoms with E-state index in [1.807, 2.05) is 36.5 Å². The largest absolute Gasteiger partial charge is 0.361 e. The Kier molecular flexibility index (Phi) is 2.00. The van der Waals surface area contributed by atoms with Gasteiger partial charge in [-0.1, -0.05) is 30.3 Å². The van der Waals surface area contributed by atoms with Crippen molar-refractivity contribution in [2.24, 2.45) is 0 Å². The number of H-pyrrole nitrogens is 1. The lowest BCUT2D eigenvalue weighted by molar-refractivity contribution is 0.628. The van der Waals surface area contributed by atoms with E-state index >= 15 is 0 Å². The number of rotatable bonds is 1. The summed E-state index contributed by atoms with van der Waals surface area (Å²) in [7, 11) is 0. The third kappa shape index (κ3) is 1.39. The molecular weight excluding hydrogens is 201 g/mol. The third-order valence-electron chi connectivity index (χ3n) is 2.72. The van der Waals surface area contributed by atoms with Gasteiger partial charge in [0.15, 0.2) is 0 Å². The predicted octanol–water partition coefficient (Wildman–Crippen LogP) is 3.97. The second kappa shape index (κ2) is 3.49. The minimum atomic E-state index is -0.207. The fourth-order valence-corrected chi connectivity index (χ4v) is 1.98. The molecule has 0 unspecified atom stereocenters. The number of hydrogen-bond donors (Lipinski definition) is 1. The Morgan fingerprint density at radius 1 is 0.938 bits per heavy atom. The van der Waals surface area contributed by atoms with Gasteiger partial charge in [-0.15, -0.1) is 0 Å². The highest BCUT2D eigenvalue weighted by molar-refractivity contribution is 5.93.